The van der Waals surface area contributed by atoms with Crippen molar-refractivity contribution in [2.45, 2.75) is 0 Å². The van der Waals surface area contributed by atoms with Crippen LogP contribution in [0.5, 0.6) is 0 Å². The number of hydrogen-bond acceptors (Lipinski definition) is 0. The van der Waals surface area contributed by atoms with E-state index in [2.05, 4.69) is 205 Å². The Kier molecular flexibility index (Phi) is 7.22. The minimum atomic E-state index is 1.13. The molecule has 9 aromatic rings. The van der Waals surface area contributed by atoms with E-state index in [1.807, 2.05) is 0 Å². The van der Waals surface area contributed by atoms with Crippen molar-refractivity contribution < 1.29 is 0 Å². The zero-order chi connectivity index (χ0) is 32.6. The average molecular weight is 624 g/mol. The quantitative estimate of drug-likeness (QED) is 0.162. The fourth-order valence-corrected chi connectivity index (χ4v) is 7.47. The van der Waals surface area contributed by atoms with Gasteiger partial charge in [0, 0.05) is 5.69 Å². The van der Waals surface area contributed by atoms with Crippen LogP contribution in [0.1, 0.15) is 0 Å². The van der Waals surface area contributed by atoms with E-state index >= 15 is 0 Å². The van der Waals surface area contributed by atoms with Crippen LogP contribution in [0, 0.1) is 0 Å². The van der Waals surface area contributed by atoms with Gasteiger partial charge in [0.25, 0.3) is 0 Å². The molecule has 230 valence electrons. The highest BCUT2D eigenvalue weighted by Gasteiger charge is 2.21. The molecule has 0 N–H and O–H groups in total. The van der Waals surface area contributed by atoms with Crippen LogP contribution < -0.4 is 0 Å². The average Bonchev–Trinajstić information content (AvgIpc) is 3.64. The predicted octanol–water partition coefficient (Wildman–Crippen LogP) is 13.1. The Bertz CT molecular complexity index is 2510. The van der Waals surface area contributed by atoms with Crippen LogP contribution in [0.4, 0.5) is 0 Å². The van der Waals surface area contributed by atoms with Gasteiger partial charge in [-0.3, -0.25) is 0 Å². The zero-order valence-electron chi connectivity index (χ0n) is 27.0. The lowest BCUT2D eigenvalue weighted by Crippen LogP contribution is -2.00. The summed E-state index contributed by atoms with van der Waals surface area (Å²) < 4.78 is 2.42. The molecule has 1 heterocycles. The number of rotatable bonds is 6. The van der Waals surface area contributed by atoms with E-state index in [0.29, 0.717) is 0 Å². The molecule has 0 bridgehead atoms. The molecular formula is C48H33N. The first-order valence-electron chi connectivity index (χ1n) is 16.9. The Labute approximate surface area is 287 Å². The van der Waals surface area contributed by atoms with Crippen molar-refractivity contribution in [1.29, 1.82) is 0 Å². The first-order valence-corrected chi connectivity index (χ1v) is 16.9. The van der Waals surface area contributed by atoms with Gasteiger partial charge in [0.05, 0.1) is 11.4 Å². The van der Waals surface area contributed by atoms with E-state index in [0.717, 1.165) is 17.1 Å². The second kappa shape index (κ2) is 12.3. The molecule has 9 rings (SSSR count). The first kappa shape index (κ1) is 28.8. The number of nitrogens with zero attached hydrogens (tertiary/aromatic N) is 1. The van der Waals surface area contributed by atoms with Gasteiger partial charge < -0.3 is 4.57 Å². The fraction of sp³-hybridized carbons (Fsp3) is 0. The van der Waals surface area contributed by atoms with Crippen LogP contribution in [0.2, 0.25) is 0 Å². The third-order valence-electron chi connectivity index (χ3n) is 9.63. The van der Waals surface area contributed by atoms with Gasteiger partial charge in [-0.05, 0) is 90.3 Å². The molecule has 0 aliphatic rings. The molecule has 0 saturated carbocycles. The standard InChI is InChI=1S/C48H33N/c1-5-17-34(18-6-1)39-25-13-14-26-40(39)48-42-28-16-15-27-41(42)47(37-23-11-4-12-24-37)44-33-38(29-30-43(44)48)49-45(35-19-7-2-8-20-35)31-32-46(49)36-21-9-3-10-22-36/h1-33H. The molecule has 0 saturated heterocycles. The van der Waals surface area contributed by atoms with E-state index in [1.54, 1.807) is 0 Å². The lowest BCUT2D eigenvalue weighted by atomic mass is 9.83. The van der Waals surface area contributed by atoms with Crippen molar-refractivity contribution in [2.24, 2.45) is 0 Å². The SMILES string of the molecule is c1ccc(-c2ccccc2-c2c3ccccc3c(-c3ccccc3)c3cc(-n4c(-c5ccccc5)ccc4-c4ccccc4)ccc23)cc1. The summed E-state index contributed by atoms with van der Waals surface area (Å²) in [6, 6.07) is 72.4. The van der Waals surface area contributed by atoms with Gasteiger partial charge in [-0.1, -0.05) is 176 Å². The minimum Gasteiger partial charge on any atom is -0.309 e. The number of hydrogen-bond donors (Lipinski definition) is 0. The van der Waals surface area contributed by atoms with Crippen molar-refractivity contribution in [1.82, 2.24) is 4.57 Å². The maximum Gasteiger partial charge on any atom is 0.0535 e. The smallest absolute Gasteiger partial charge is 0.0535 e. The predicted molar refractivity (Wildman–Crippen MR) is 208 cm³/mol. The maximum atomic E-state index is 2.42. The molecule has 0 atom stereocenters. The Morgan fingerprint density at radius 1 is 0.265 bits per heavy atom. The highest BCUT2D eigenvalue weighted by molar-refractivity contribution is 6.22. The van der Waals surface area contributed by atoms with E-state index in [-0.39, 0.29) is 0 Å². The molecule has 0 aliphatic carbocycles. The maximum absolute atomic E-state index is 2.42. The third-order valence-corrected chi connectivity index (χ3v) is 9.63. The summed E-state index contributed by atoms with van der Waals surface area (Å²) in [5.41, 5.74) is 13.2. The van der Waals surface area contributed by atoms with Crippen molar-refractivity contribution in [3.8, 4) is 61.6 Å². The van der Waals surface area contributed by atoms with Crippen molar-refractivity contribution in [3.63, 3.8) is 0 Å². The van der Waals surface area contributed by atoms with Crippen LogP contribution in [-0.4, -0.2) is 4.57 Å². The molecule has 49 heavy (non-hydrogen) atoms. The van der Waals surface area contributed by atoms with Gasteiger partial charge in [-0.25, -0.2) is 0 Å². The summed E-state index contributed by atoms with van der Waals surface area (Å²) in [6.45, 7) is 0. The van der Waals surface area contributed by atoms with Crippen molar-refractivity contribution >= 4 is 21.5 Å². The van der Waals surface area contributed by atoms with Gasteiger partial charge >= 0.3 is 0 Å². The topological polar surface area (TPSA) is 4.93 Å². The fourth-order valence-electron chi connectivity index (χ4n) is 7.47. The lowest BCUT2D eigenvalue weighted by Gasteiger charge is -2.21. The second-order valence-electron chi connectivity index (χ2n) is 12.5. The molecule has 0 amide bonds. The molecule has 0 radical (unpaired) electrons. The lowest BCUT2D eigenvalue weighted by molar-refractivity contribution is 1.10. The van der Waals surface area contributed by atoms with Gasteiger partial charge in [-0.15, -0.1) is 0 Å². The van der Waals surface area contributed by atoms with Crippen LogP contribution >= 0.6 is 0 Å². The van der Waals surface area contributed by atoms with Crippen molar-refractivity contribution in [2.75, 3.05) is 0 Å². The number of benzene rings is 8. The van der Waals surface area contributed by atoms with Gasteiger partial charge in [0.15, 0.2) is 0 Å². The third kappa shape index (κ3) is 5.04. The summed E-state index contributed by atoms with van der Waals surface area (Å²) in [6.07, 6.45) is 0. The van der Waals surface area contributed by atoms with Gasteiger partial charge in [-0.2, -0.15) is 0 Å². The Morgan fingerprint density at radius 2 is 0.694 bits per heavy atom. The van der Waals surface area contributed by atoms with Crippen LogP contribution in [0.3, 0.4) is 0 Å². The molecule has 0 fully saturated rings. The minimum absolute atomic E-state index is 1.13. The summed E-state index contributed by atoms with van der Waals surface area (Å²) in [4.78, 5) is 0. The Hall–Kier alpha value is -6.44. The Balaban J connectivity index is 1.40. The second-order valence-corrected chi connectivity index (χ2v) is 12.5. The number of fused-ring (bicyclic) bond motifs is 2. The Morgan fingerprint density at radius 3 is 1.27 bits per heavy atom. The monoisotopic (exact) mass is 623 g/mol. The molecule has 1 nitrogen and oxygen atoms in total. The van der Waals surface area contributed by atoms with Gasteiger partial charge in [0.2, 0.25) is 0 Å². The summed E-state index contributed by atoms with van der Waals surface area (Å²) in [5, 5.41) is 4.96. The van der Waals surface area contributed by atoms with Gasteiger partial charge in [0.1, 0.15) is 0 Å². The van der Waals surface area contributed by atoms with E-state index in [9.17, 15) is 0 Å². The van der Waals surface area contributed by atoms with Crippen LogP contribution in [0.25, 0.3) is 83.1 Å². The molecule has 0 unspecified atom stereocenters. The summed E-state index contributed by atoms with van der Waals surface area (Å²) in [5.74, 6) is 0. The molecule has 0 aliphatic heterocycles. The van der Waals surface area contributed by atoms with E-state index in [4.69, 9.17) is 0 Å². The van der Waals surface area contributed by atoms with Crippen LogP contribution in [0.15, 0.2) is 200 Å². The highest BCUT2D eigenvalue weighted by atomic mass is 15.0. The van der Waals surface area contributed by atoms with E-state index < -0.39 is 0 Å². The largest absolute Gasteiger partial charge is 0.309 e. The summed E-state index contributed by atoms with van der Waals surface area (Å²) >= 11 is 0. The molecular weight excluding hydrogens is 591 g/mol. The van der Waals surface area contributed by atoms with E-state index in [1.165, 1.54) is 66.1 Å². The highest BCUT2D eigenvalue weighted by Crippen LogP contribution is 2.47. The molecule has 8 aromatic carbocycles. The number of aromatic nitrogens is 1. The first-order chi connectivity index (χ1) is 24.3. The summed E-state index contributed by atoms with van der Waals surface area (Å²) in [7, 11) is 0. The molecule has 1 aromatic heterocycles. The van der Waals surface area contributed by atoms with Crippen LogP contribution in [-0.2, 0) is 0 Å². The van der Waals surface area contributed by atoms with Crippen molar-refractivity contribution in [3.05, 3.63) is 200 Å². The zero-order valence-corrected chi connectivity index (χ0v) is 27.0. The normalized spacial score (nSPS) is 11.3. The molecule has 0 spiro atoms. The molecule has 1 heteroatoms.